The fraction of sp³-hybridized carbons (Fsp3) is 0.444. The summed E-state index contributed by atoms with van der Waals surface area (Å²) in [6.45, 7) is 0. The van der Waals surface area contributed by atoms with Crippen molar-refractivity contribution in [3.05, 3.63) is 29.6 Å². The molecule has 2 N–H and O–H groups in total. The number of thioether (sulfide) groups is 1. The molecular formula is C18H22N4O4S. The summed E-state index contributed by atoms with van der Waals surface area (Å²) in [6, 6.07) is 4.87. The molecule has 0 unspecified atom stereocenters. The van der Waals surface area contributed by atoms with Gasteiger partial charge in [-0.05, 0) is 31.0 Å². The maximum absolute atomic E-state index is 10.9. The quantitative estimate of drug-likeness (QED) is 0.552. The monoisotopic (exact) mass is 390 g/mol. The summed E-state index contributed by atoms with van der Waals surface area (Å²) in [7, 11) is 1.55. The molecule has 0 bridgehead atoms. The van der Waals surface area contributed by atoms with Gasteiger partial charge in [-0.2, -0.15) is 9.78 Å². The average molecular weight is 390 g/mol. The van der Waals surface area contributed by atoms with Crippen LogP contribution in [0.5, 0.6) is 11.5 Å². The van der Waals surface area contributed by atoms with E-state index in [0.717, 1.165) is 43.3 Å². The number of hydrogen-bond donors (Lipinski definition) is 2. The van der Waals surface area contributed by atoms with Gasteiger partial charge in [0.2, 0.25) is 5.16 Å². The van der Waals surface area contributed by atoms with E-state index in [4.69, 9.17) is 9.84 Å². The van der Waals surface area contributed by atoms with E-state index >= 15 is 0 Å². The molecule has 0 spiro atoms. The third kappa shape index (κ3) is 4.79. The Balaban J connectivity index is 1.93. The number of aliphatic carboxylic acids is 1. The molecule has 1 aliphatic carbocycles. The van der Waals surface area contributed by atoms with Gasteiger partial charge in [-0.15, -0.1) is 10.2 Å². The number of hydrogen-bond acceptors (Lipinski definition) is 7. The molecule has 0 atom stereocenters. The van der Waals surface area contributed by atoms with E-state index in [-0.39, 0.29) is 17.4 Å². The summed E-state index contributed by atoms with van der Waals surface area (Å²) in [5.74, 6) is 0.617. The van der Waals surface area contributed by atoms with Crippen molar-refractivity contribution >= 4 is 23.9 Å². The van der Waals surface area contributed by atoms with E-state index in [2.05, 4.69) is 15.3 Å². The van der Waals surface area contributed by atoms with E-state index in [9.17, 15) is 9.90 Å². The molecule has 8 nitrogen and oxygen atoms in total. The van der Waals surface area contributed by atoms with Gasteiger partial charge < -0.3 is 14.9 Å². The molecular weight excluding hydrogens is 368 g/mol. The first-order chi connectivity index (χ1) is 13.1. The molecule has 0 amide bonds. The van der Waals surface area contributed by atoms with E-state index in [1.54, 1.807) is 23.9 Å². The standard InChI is InChI=1S/C18H22N4O4S/c1-26-14-7-8-15(23)13(9-14)10-19-22-17(12-5-3-2-4-6-12)20-21-18(22)27-11-16(24)25/h7-10,12,23H,2-6,11H2,1H3,(H,24,25)/b19-10+. The highest BCUT2D eigenvalue weighted by atomic mass is 32.2. The lowest BCUT2D eigenvalue weighted by atomic mass is 9.89. The van der Waals surface area contributed by atoms with E-state index in [0.29, 0.717) is 16.5 Å². The fourth-order valence-corrected chi connectivity index (χ4v) is 3.71. The Morgan fingerprint density at radius 1 is 1.37 bits per heavy atom. The van der Waals surface area contributed by atoms with Gasteiger partial charge in [0.15, 0.2) is 5.82 Å². The third-order valence-corrected chi connectivity index (χ3v) is 5.38. The molecule has 1 saturated carbocycles. The molecule has 1 fully saturated rings. The SMILES string of the molecule is COc1ccc(O)c(/C=N/n2c(SCC(=O)O)nnc2C2CCCCC2)c1. The number of phenols is 1. The lowest BCUT2D eigenvalue weighted by Gasteiger charge is -2.20. The van der Waals surface area contributed by atoms with Crippen LogP contribution in [0.25, 0.3) is 0 Å². The lowest BCUT2D eigenvalue weighted by Crippen LogP contribution is -2.11. The normalized spacial score (nSPS) is 15.3. The van der Waals surface area contributed by atoms with Gasteiger partial charge in [-0.25, -0.2) is 0 Å². The molecule has 9 heteroatoms. The summed E-state index contributed by atoms with van der Waals surface area (Å²) in [6.07, 6.45) is 7.03. The minimum Gasteiger partial charge on any atom is -0.507 e. The molecule has 0 aliphatic heterocycles. The summed E-state index contributed by atoms with van der Waals surface area (Å²) < 4.78 is 6.78. The third-order valence-electron chi connectivity index (χ3n) is 4.48. The predicted molar refractivity (Wildman–Crippen MR) is 102 cm³/mol. The van der Waals surface area contributed by atoms with Gasteiger partial charge in [0.25, 0.3) is 0 Å². The minimum absolute atomic E-state index is 0.0755. The summed E-state index contributed by atoms with van der Waals surface area (Å²) in [4.78, 5) is 10.9. The van der Waals surface area contributed by atoms with Crippen molar-refractivity contribution in [3.8, 4) is 11.5 Å². The van der Waals surface area contributed by atoms with Crippen molar-refractivity contribution in [2.45, 2.75) is 43.2 Å². The van der Waals surface area contributed by atoms with Crippen LogP contribution in [0.1, 0.15) is 49.4 Å². The number of carboxylic acids is 1. The van der Waals surface area contributed by atoms with Crippen LogP contribution in [-0.2, 0) is 4.79 Å². The Kier molecular flexibility index (Phi) is 6.33. The van der Waals surface area contributed by atoms with Crippen LogP contribution in [-0.4, -0.2) is 50.1 Å². The Labute approximate surface area is 161 Å². The van der Waals surface area contributed by atoms with Crippen LogP contribution in [0.4, 0.5) is 0 Å². The average Bonchev–Trinajstić information content (AvgIpc) is 3.09. The number of carboxylic acid groups (broad SMARTS) is 1. The number of phenolic OH excluding ortho intramolecular Hbond substituents is 1. The van der Waals surface area contributed by atoms with E-state index in [1.807, 2.05) is 0 Å². The summed E-state index contributed by atoms with van der Waals surface area (Å²) in [5.41, 5.74) is 0.492. The maximum Gasteiger partial charge on any atom is 0.313 e. The first-order valence-electron chi connectivity index (χ1n) is 8.79. The summed E-state index contributed by atoms with van der Waals surface area (Å²) in [5, 5.41) is 32.3. The molecule has 1 aliphatic rings. The number of rotatable bonds is 7. The van der Waals surface area contributed by atoms with Crippen LogP contribution in [0.2, 0.25) is 0 Å². The molecule has 3 rings (SSSR count). The van der Waals surface area contributed by atoms with Crippen LogP contribution in [0.3, 0.4) is 0 Å². The van der Waals surface area contributed by atoms with Crippen molar-refractivity contribution in [1.82, 2.24) is 14.9 Å². The lowest BCUT2D eigenvalue weighted by molar-refractivity contribution is -0.133. The van der Waals surface area contributed by atoms with Crippen molar-refractivity contribution < 1.29 is 19.7 Å². The first kappa shape index (κ1) is 19.2. The van der Waals surface area contributed by atoms with Gasteiger partial charge in [0, 0.05) is 11.5 Å². The van der Waals surface area contributed by atoms with Crippen molar-refractivity contribution in [3.63, 3.8) is 0 Å². The van der Waals surface area contributed by atoms with Crippen molar-refractivity contribution in [2.24, 2.45) is 5.10 Å². The number of carbonyl (C=O) groups is 1. The molecule has 0 saturated heterocycles. The van der Waals surface area contributed by atoms with E-state index in [1.165, 1.54) is 18.7 Å². The number of aromatic nitrogens is 3. The molecule has 1 aromatic carbocycles. The van der Waals surface area contributed by atoms with Crippen LogP contribution >= 0.6 is 11.8 Å². The van der Waals surface area contributed by atoms with Crippen LogP contribution < -0.4 is 4.74 Å². The van der Waals surface area contributed by atoms with Crippen molar-refractivity contribution in [2.75, 3.05) is 12.9 Å². The topological polar surface area (TPSA) is 110 Å². The first-order valence-corrected chi connectivity index (χ1v) is 9.78. The fourth-order valence-electron chi connectivity index (χ4n) is 3.10. The summed E-state index contributed by atoms with van der Waals surface area (Å²) >= 11 is 1.08. The second kappa shape index (κ2) is 8.90. The molecule has 1 heterocycles. The van der Waals surface area contributed by atoms with Gasteiger partial charge >= 0.3 is 5.97 Å². The zero-order chi connectivity index (χ0) is 19.2. The second-order valence-corrected chi connectivity index (χ2v) is 7.28. The zero-order valence-electron chi connectivity index (χ0n) is 15.0. The second-order valence-electron chi connectivity index (χ2n) is 6.34. The Morgan fingerprint density at radius 2 is 2.15 bits per heavy atom. The smallest absolute Gasteiger partial charge is 0.313 e. The molecule has 0 radical (unpaired) electrons. The maximum atomic E-state index is 10.9. The highest BCUT2D eigenvalue weighted by Gasteiger charge is 2.24. The highest BCUT2D eigenvalue weighted by molar-refractivity contribution is 7.99. The Bertz CT molecular complexity index is 831. The molecule has 1 aromatic heterocycles. The number of aromatic hydroxyl groups is 1. The highest BCUT2D eigenvalue weighted by Crippen LogP contribution is 2.33. The van der Waals surface area contributed by atoms with Crippen LogP contribution in [0, 0.1) is 0 Å². The largest absolute Gasteiger partial charge is 0.507 e. The number of ether oxygens (including phenoxy) is 1. The number of benzene rings is 1. The van der Waals surface area contributed by atoms with Gasteiger partial charge in [-0.3, -0.25) is 4.79 Å². The molecule has 27 heavy (non-hydrogen) atoms. The van der Waals surface area contributed by atoms with Crippen LogP contribution in [0.15, 0.2) is 28.5 Å². The number of methoxy groups -OCH3 is 1. The zero-order valence-corrected chi connectivity index (χ0v) is 15.9. The Hall–Kier alpha value is -2.55. The molecule has 144 valence electrons. The predicted octanol–water partition coefficient (Wildman–Crippen LogP) is 3.10. The molecule has 2 aromatic rings. The minimum atomic E-state index is -0.928. The van der Waals surface area contributed by atoms with E-state index < -0.39 is 5.97 Å². The van der Waals surface area contributed by atoms with Gasteiger partial charge in [-0.1, -0.05) is 31.0 Å². The number of nitrogens with zero attached hydrogens (tertiary/aromatic N) is 4. The van der Waals surface area contributed by atoms with Gasteiger partial charge in [0.1, 0.15) is 11.5 Å². The van der Waals surface area contributed by atoms with Crippen molar-refractivity contribution in [1.29, 1.82) is 0 Å². The van der Waals surface area contributed by atoms with Gasteiger partial charge in [0.05, 0.1) is 19.1 Å². The Morgan fingerprint density at radius 3 is 2.85 bits per heavy atom.